The number of carbonyl (C=O) groups is 2. The van der Waals surface area contributed by atoms with Crippen molar-refractivity contribution in [3.05, 3.63) is 29.8 Å². The predicted octanol–water partition coefficient (Wildman–Crippen LogP) is 2.87. The lowest BCUT2D eigenvalue weighted by Crippen LogP contribution is -2.59. The summed E-state index contributed by atoms with van der Waals surface area (Å²) in [7, 11) is 3.53. The first kappa shape index (κ1) is 17.8. The molecule has 2 aliphatic rings. The van der Waals surface area contributed by atoms with Gasteiger partial charge in [0.15, 0.2) is 0 Å². The van der Waals surface area contributed by atoms with Gasteiger partial charge in [-0.2, -0.15) is 0 Å². The Labute approximate surface area is 150 Å². The topological polar surface area (TPSA) is 52.7 Å². The van der Waals surface area contributed by atoms with E-state index < -0.39 is 0 Å². The van der Waals surface area contributed by atoms with Crippen molar-refractivity contribution in [3.63, 3.8) is 0 Å². The van der Waals surface area contributed by atoms with E-state index in [1.165, 1.54) is 12.8 Å². The molecule has 5 heteroatoms. The van der Waals surface area contributed by atoms with Crippen LogP contribution in [0.4, 0.5) is 5.69 Å². The molecule has 1 aliphatic carbocycles. The Morgan fingerprint density at radius 3 is 2.72 bits per heavy atom. The molecule has 0 aromatic heterocycles. The first-order chi connectivity index (χ1) is 11.8. The molecule has 0 saturated heterocycles. The zero-order chi connectivity index (χ0) is 18.2. The summed E-state index contributed by atoms with van der Waals surface area (Å²) in [6.07, 6.45) is 4.49. The zero-order valence-electron chi connectivity index (χ0n) is 15.7. The third-order valence-electron chi connectivity index (χ3n) is 5.74. The van der Waals surface area contributed by atoms with Crippen molar-refractivity contribution in [2.45, 2.75) is 45.7 Å². The quantitative estimate of drug-likeness (QED) is 0.918. The Balaban J connectivity index is 2.01. The number of likely N-dealkylation sites (N-methyl/N-ethyl adjacent to an activating group) is 1. The molecule has 1 N–H and O–H groups in total. The fourth-order valence-corrected chi connectivity index (χ4v) is 4.56. The van der Waals surface area contributed by atoms with Crippen molar-refractivity contribution in [1.82, 2.24) is 10.2 Å². The molecule has 0 bridgehead atoms. The van der Waals surface area contributed by atoms with E-state index in [1.807, 2.05) is 36.2 Å². The van der Waals surface area contributed by atoms with Crippen molar-refractivity contribution in [2.75, 3.05) is 25.5 Å². The van der Waals surface area contributed by atoms with E-state index in [2.05, 4.69) is 24.1 Å². The largest absolute Gasteiger partial charge is 0.358 e. The second-order valence-corrected chi connectivity index (χ2v) is 8.17. The number of para-hydroxylation sites is 1. The molecular weight excluding hydrogens is 314 g/mol. The van der Waals surface area contributed by atoms with Gasteiger partial charge in [0, 0.05) is 14.1 Å². The lowest BCUT2D eigenvalue weighted by atomic mass is 9.70. The van der Waals surface area contributed by atoms with Crippen molar-refractivity contribution >= 4 is 17.5 Å². The molecule has 1 aliphatic heterocycles. The lowest BCUT2D eigenvalue weighted by molar-refractivity contribution is -0.119. The molecule has 1 heterocycles. The van der Waals surface area contributed by atoms with E-state index in [0.29, 0.717) is 11.5 Å². The summed E-state index contributed by atoms with van der Waals surface area (Å²) in [5, 5.41) is 2.72. The van der Waals surface area contributed by atoms with Crippen molar-refractivity contribution in [3.8, 4) is 0 Å². The highest BCUT2D eigenvalue weighted by molar-refractivity contribution is 6.02. The summed E-state index contributed by atoms with van der Waals surface area (Å²) in [6, 6.07) is 7.64. The van der Waals surface area contributed by atoms with Crippen molar-refractivity contribution in [1.29, 1.82) is 0 Å². The van der Waals surface area contributed by atoms with Gasteiger partial charge in [-0.3, -0.25) is 9.59 Å². The smallest absolute Gasteiger partial charge is 0.257 e. The third kappa shape index (κ3) is 3.37. The predicted molar refractivity (Wildman–Crippen MR) is 99.5 cm³/mol. The average Bonchev–Trinajstić information content (AvgIpc) is 2.58. The maximum Gasteiger partial charge on any atom is 0.257 e. The number of amides is 2. The minimum absolute atomic E-state index is 0.0300. The minimum atomic E-state index is -0.0701. The Hall–Kier alpha value is -2.04. The molecule has 25 heavy (non-hydrogen) atoms. The highest BCUT2D eigenvalue weighted by Crippen LogP contribution is 2.44. The number of anilines is 1. The Morgan fingerprint density at radius 1 is 1.32 bits per heavy atom. The fraction of sp³-hybridized carbons (Fsp3) is 0.600. The summed E-state index contributed by atoms with van der Waals surface area (Å²) in [5.41, 5.74) is 1.84. The Kier molecular flexibility index (Phi) is 4.76. The number of fused-ring (bicyclic) bond motifs is 1. The summed E-state index contributed by atoms with van der Waals surface area (Å²) in [4.78, 5) is 29.1. The molecule has 5 nitrogen and oxygen atoms in total. The maximum absolute atomic E-state index is 12.9. The van der Waals surface area contributed by atoms with Crippen LogP contribution in [0, 0.1) is 11.3 Å². The van der Waals surface area contributed by atoms with E-state index >= 15 is 0 Å². The van der Waals surface area contributed by atoms with E-state index in [-0.39, 0.29) is 29.9 Å². The van der Waals surface area contributed by atoms with Gasteiger partial charge in [0.05, 0.1) is 17.8 Å². The molecule has 1 saturated carbocycles. The molecule has 1 aromatic rings. The number of rotatable bonds is 3. The van der Waals surface area contributed by atoms with Gasteiger partial charge >= 0.3 is 0 Å². The second kappa shape index (κ2) is 6.70. The van der Waals surface area contributed by atoms with Crippen LogP contribution in [0.25, 0.3) is 0 Å². The van der Waals surface area contributed by atoms with Crippen molar-refractivity contribution in [2.24, 2.45) is 11.3 Å². The molecule has 2 amide bonds. The van der Waals surface area contributed by atoms with Crippen LogP contribution in [0.5, 0.6) is 0 Å². The first-order valence-corrected chi connectivity index (χ1v) is 9.17. The molecule has 1 aromatic carbocycles. The van der Waals surface area contributed by atoms with E-state index in [0.717, 1.165) is 18.5 Å². The van der Waals surface area contributed by atoms with Crippen LogP contribution in [-0.2, 0) is 4.79 Å². The SMILES string of the molecule is CNC(=O)CN1c2ccccc2C(=O)N(C)C1C1CCCC(C)(C)C1. The normalized spacial score (nSPS) is 25.5. The first-order valence-electron chi connectivity index (χ1n) is 9.17. The molecule has 1 fully saturated rings. The highest BCUT2D eigenvalue weighted by Gasteiger charge is 2.43. The van der Waals surface area contributed by atoms with Gasteiger partial charge in [0.25, 0.3) is 5.91 Å². The van der Waals surface area contributed by atoms with Crippen LogP contribution in [0.1, 0.15) is 49.9 Å². The second-order valence-electron chi connectivity index (χ2n) is 8.17. The van der Waals surface area contributed by atoms with Gasteiger partial charge in [-0.1, -0.05) is 32.4 Å². The fourth-order valence-electron chi connectivity index (χ4n) is 4.56. The summed E-state index contributed by atoms with van der Waals surface area (Å²) in [6.45, 7) is 4.88. The molecule has 3 rings (SSSR count). The molecule has 0 radical (unpaired) electrons. The van der Waals surface area contributed by atoms with Gasteiger partial charge in [-0.05, 0) is 42.7 Å². The monoisotopic (exact) mass is 343 g/mol. The zero-order valence-corrected chi connectivity index (χ0v) is 15.7. The van der Waals surface area contributed by atoms with Crippen LogP contribution < -0.4 is 10.2 Å². The van der Waals surface area contributed by atoms with Gasteiger partial charge in [0.1, 0.15) is 6.17 Å². The van der Waals surface area contributed by atoms with Crippen LogP contribution in [0.2, 0.25) is 0 Å². The average molecular weight is 343 g/mol. The van der Waals surface area contributed by atoms with Crippen molar-refractivity contribution < 1.29 is 9.59 Å². The number of nitrogens with one attached hydrogen (secondary N) is 1. The molecule has 2 atom stereocenters. The van der Waals surface area contributed by atoms with Crippen LogP contribution in [0.15, 0.2) is 24.3 Å². The highest BCUT2D eigenvalue weighted by atomic mass is 16.2. The standard InChI is InChI=1S/C20H29N3O2/c1-20(2)11-7-8-14(12-20)18-22(4)19(25)15-9-5-6-10-16(15)23(18)13-17(24)21-3/h5-6,9-10,14,18H,7-8,11-13H2,1-4H3,(H,21,24). The Morgan fingerprint density at radius 2 is 2.04 bits per heavy atom. The van der Waals surface area contributed by atoms with Gasteiger partial charge in [-0.25, -0.2) is 0 Å². The Bertz CT molecular complexity index is 671. The maximum atomic E-state index is 12.9. The molecule has 136 valence electrons. The van der Waals surface area contributed by atoms with Gasteiger partial charge in [0.2, 0.25) is 5.91 Å². The van der Waals surface area contributed by atoms with Crippen LogP contribution >= 0.6 is 0 Å². The van der Waals surface area contributed by atoms with E-state index in [1.54, 1.807) is 7.05 Å². The van der Waals surface area contributed by atoms with Crippen LogP contribution in [-0.4, -0.2) is 43.5 Å². The minimum Gasteiger partial charge on any atom is -0.358 e. The molecular formula is C20H29N3O2. The molecule has 0 spiro atoms. The lowest BCUT2D eigenvalue weighted by Gasteiger charge is -2.50. The van der Waals surface area contributed by atoms with Crippen LogP contribution in [0.3, 0.4) is 0 Å². The van der Waals surface area contributed by atoms with Gasteiger partial charge in [-0.15, -0.1) is 0 Å². The number of nitrogens with zero attached hydrogens (tertiary/aromatic N) is 2. The summed E-state index contributed by atoms with van der Waals surface area (Å²) < 4.78 is 0. The molecule has 2 unspecified atom stereocenters. The van der Waals surface area contributed by atoms with E-state index in [4.69, 9.17) is 0 Å². The summed E-state index contributed by atoms with van der Waals surface area (Å²) >= 11 is 0. The number of benzene rings is 1. The number of hydrogen-bond acceptors (Lipinski definition) is 3. The number of hydrogen-bond donors (Lipinski definition) is 1. The third-order valence-corrected chi connectivity index (χ3v) is 5.74. The van der Waals surface area contributed by atoms with Gasteiger partial charge < -0.3 is 15.1 Å². The summed E-state index contributed by atoms with van der Waals surface area (Å²) in [5.74, 6) is 0.394. The number of carbonyl (C=O) groups excluding carboxylic acids is 2. The van der Waals surface area contributed by atoms with E-state index in [9.17, 15) is 9.59 Å².